The molecule has 6 nitrogen and oxygen atoms in total. The van der Waals surface area contributed by atoms with Gasteiger partial charge in [-0.25, -0.2) is 9.78 Å². The van der Waals surface area contributed by atoms with Crippen molar-refractivity contribution in [1.29, 1.82) is 0 Å². The molecule has 0 unspecified atom stereocenters. The van der Waals surface area contributed by atoms with Gasteiger partial charge in [-0.2, -0.15) is 4.98 Å². The quantitative estimate of drug-likeness (QED) is 0.342. The summed E-state index contributed by atoms with van der Waals surface area (Å²) in [6, 6.07) is 22.0. The average molecular weight is 465 g/mol. The van der Waals surface area contributed by atoms with Crippen molar-refractivity contribution in [2.24, 2.45) is 5.92 Å². The van der Waals surface area contributed by atoms with Gasteiger partial charge in [0.05, 0.1) is 17.6 Å². The van der Waals surface area contributed by atoms with Crippen molar-refractivity contribution in [3.8, 4) is 22.6 Å². The second-order valence-corrected chi connectivity index (χ2v) is 9.56. The minimum atomic E-state index is -0.558. The van der Waals surface area contributed by atoms with Gasteiger partial charge in [0, 0.05) is 6.54 Å². The Labute approximate surface area is 203 Å². The van der Waals surface area contributed by atoms with Crippen molar-refractivity contribution >= 4 is 11.0 Å². The zero-order valence-corrected chi connectivity index (χ0v) is 20.4. The molecule has 0 radical (unpaired) electrons. The first-order valence-electron chi connectivity index (χ1n) is 11.9. The molecule has 0 fully saturated rings. The maximum atomic E-state index is 13.5. The number of hydrogen-bond acceptors (Lipinski definition) is 4. The van der Waals surface area contributed by atoms with Crippen LogP contribution in [-0.2, 0) is 13.1 Å². The summed E-state index contributed by atoms with van der Waals surface area (Å²) in [6.45, 7) is 9.06. The van der Waals surface area contributed by atoms with Gasteiger partial charge in [0.1, 0.15) is 0 Å². The Bertz CT molecular complexity index is 1610. The highest BCUT2D eigenvalue weighted by Crippen LogP contribution is 2.25. The molecule has 2 aliphatic rings. The molecule has 0 saturated heterocycles. The predicted molar refractivity (Wildman–Crippen MR) is 140 cm³/mol. The number of nitrogens with zero attached hydrogens (tertiary/aromatic N) is 4. The molecular weight excluding hydrogens is 436 g/mol. The Balaban J connectivity index is 1.63. The van der Waals surface area contributed by atoms with Gasteiger partial charge in [-0.15, -0.1) is 0 Å². The van der Waals surface area contributed by atoms with Crippen LogP contribution in [0.15, 0.2) is 76.3 Å². The Morgan fingerprint density at radius 1 is 0.800 bits per heavy atom. The summed E-state index contributed by atoms with van der Waals surface area (Å²) in [4.78, 5) is 35.6. The lowest BCUT2D eigenvalue weighted by atomic mass is 10.0. The van der Waals surface area contributed by atoms with Crippen molar-refractivity contribution in [3.05, 3.63) is 104 Å². The molecule has 0 saturated carbocycles. The molecule has 0 N–H and O–H groups in total. The zero-order chi connectivity index (χ0) is 24.7. The Hall–Kier alpha value is -4.06. The highest BCUT2D eigenvalue weighted by molar-refractivity contribution is 5.81. The van der Waals surface area contributed by atoms with Crippen molar-refractivity contribution in [2.75, 3.05) is 0 Å². The lowest BCUT2D eigenvalue weighted by Gasteiger charge is -2.20. The maximum Gasteiger partial charge on any atom is 0.352 e. The molecule has 0 bridgehead atoms. The van der Waals surface area contributed by atoms with Crippen LogP contribution < -0.4 is 11.2 Å². The molecule has 0 atom stereocenters. The third-order valence-corrected chi connectivity index (χ3v) is 6.41. The largest absolute Gasteiger partial charge is 0.352 e. The molecule has 0 aliphatic carbocycles. The summed E-state index contributed by atoms with van der Waals surface area (Å²) in [7, 11) is 0. The van der Waals surface area contributed by atoms with Gasteiger partial charge >= 0.3 is 5.69 Å². The number of rotatable bonds is 5. The van der Waals surface area contributed by atoms with Gasteiger partial charge in [-0.3, -0.25) is 9.36 Å². The van der Waals surface area contributed by atoms with Gasteiger partial charge in [0.25, 0.3) is 5.56 Å². The van der Waals surface area contributed by atoms with Gasteiger partial charge in [0.15, 0.2) is 11.5 Å². The first-order valence-corrected chi connectivity index (χ1v) is 11.9. The number of fused-ring (bicyclic) bond motifs is 2. The third-order valence-electron chi connectivity index (χ3n) is 6.41. The van der Waals surface area contributed by atoms with E-state index in [0.29, 0.717) is 18.3 Å². The molecule has 0 spiro atoms. The minimum absolute atomic E-state index is 0.145. The summed E-state index contributed by atoms with van der Waals surface area (Å²) in [6.07, 6.45) is 0. The maximum absolute atomic E-state index is 13.5. The van der Waals surface area contributed by atoms with E-state index in [0.717, 1.165) is 38.9 Å². The van der Waals surface area contributed by atoms with Crippen LogP contribution in [0.3, 0.4) is 0 Å². The Kier molecular flexibility index (Phi) is 5.81. The molecule has 3 aromatic rings. The van der Waals surface area contributed by atoms with Crippen molar-refractivity contribution < 1.29 is 0 Å². The smallest absolute Gasteiger partial charge is 0.322 e. The van der Waals surface area contributed by atoms with Crippen LogP contribution in [0.2, 0.25) is 0 Å². The van der Waals surface area contributed by atoms with E-state index >= 15 is 0 Å². The number of benzene rings is 3. The third kappa shape index (κ3) is 4.28. The lowest BCUT2D eigenvalue weighted by Crippen LogP contribution is -2.39. The number of aromatic nitrogens is 4. The molecule has 2 heterocycles. The van der Waals surface area contributed by atoms with Crippen LogP contribution in [0, 0.1) is 19.8 Å². The van der Waals surface area contributed by atoms with Crippen LogP contribution in [0.25, 0.3) is 33.7 Å². The summed E-state index contributed by atoms with van der Waals surface area (Å²) in [5.74, 6) is 0.651. The van der Waals surface area contributed by atoms with E-state index < -0.39 is 11.2 Å². The van der Waals surface area contributed by atoms with E-state index in [9.17, 15) is 9.59 Å². The van der Waals surface area contributed by atoms with E-state index in [2.05, 4.69) is 29.9 Å². The fourth-order valence-electron chi connectivity index (χ4n) is 4.43. The van der Waals surface area contributed by atoms with Gasteiger partial charge in [0.2, 0.25) is 0 Å². The molecule has 35 heavy (non-hydrogen) atoms. The van der Waals surface area contributed by atoms with Crippen molar-refractivity contribution in [1.82, 2.24) is 19.1 Å². The van der Waals surface area contributed by atoms with Crippen LogP contribution in [0.5, 0.6) is 0 Å². The van der Waals surface area contributed by atoms with E-state index in [-0.39, 0.29) is 12.2 Å². The lowest BCUT2D eigenvalue weighted by molar-refractivity contribution is 0.527. The van der Waals surface area contributed by atoms with Crippen LogP contribution in [-0.4, -0.2) is 19.1 Å². The molecule has 2 aliphatic heterocycles. The van der Waals surface area contributed by atoms with Crippen LogP contribution in [0.1, 0.15) is 30.5 Å². The summed E-state index contributed by atoms with van der Waals surface area (Å²) >= 11 is 0. The fraction of sp³-hybridized carbons (Fsp3) is 0.241. The first kappa shape index (κ1) is 22.7. The molecule has 6 heteroatoms. The monoisotopic (exact) mass is 464 g/mol. The Morgan fingerprint density at radius 2 is 1.46 bits per heavy atom. The van der Waals surface area contributed by atoms with E-state index in [1.54, 1.807) is 0 Å². The predicted octanol–water partition coefficient (Wildman–Crippen LogP) is 5.05. The Morgan fingerprint density at radius 3 is 2.14 bits per heavy atom. The second-order valence-electron chi connectivity index (χ2n) is 9.56. The minimum Gasteiger partial charge on any atom is -0.322 e. The summed E-state index contributed by atoms with van der Waals surface area (Å²) in [5.41, 5.74) is 6.15. The molecule has 5 rings (SSSR count). The first-order chi connectivity index (χ1) is 16.8. The standard InChI is InChI=1S/C29H28N4O2/c1-18(2)16-32-25-15-20(4)19(3)14-24(25)30-26-27(32)31-29(35)33(28(26)34)17-21-10-12-23(13-11-21)22-8-6-5-7-9-22/h5-15,18H,16-17H2,1-4H3. The topological polar surface area (TPSA) is 69.8 Å². The molecule has 3 aromatic carbocycles. The van der Waals surface area contributed by atoms with Crippen molar-refractivity contribution in [3.63, 3.8) is 0 Å². The number of hydrogen-bond donors (Lipinski definition) is 0. The highest BCUT2D eigenvalue weighted by atomic mass is 16.2. The van der Waals surface area contributed by atoms with Crippen LogP contribution in [0.4, 0.5) is 0 Å². The zero-order valence-electron chi connectivity index (χ0n) is 20.4. The summed E-state index contributed by atoms with van der Waals surface area (Å²) in [5, 5.41) is 0. The van der Waals surface area contributed by atoms with Crippen molar-refractivity contribution in [2.45, 2.75) is 40.8 Å². The van der Waals surface area contributed by atoms with E-state index in [1.807, 2.05) is 79.1 Å². The molecular formula is C29H28N4O2. The van der Waals surface area contributed by atoms with E-state index in [1.165, 1.54) is 4.57 Å². The highest BCUT2D eigenvalue weighted by Gasteiger charge is 2.22. The molecule has 0 aromatic heterocycles. The average Bonchev–Trinajstić information content (AvgIpc) is 2.84. The fourth-order valence-corrected chi connectivity index (χ4v) is 4.43. The van der Waals surface area contributed by atoms with Crippen LogP contribution >= 0.6 is 0 Å². The molecule has 0 amide bonds. The summed E-state index contributed by atoms with van der Waals surface area (Å²) < 4.78 is 3.15. The number of aryl methyl sites for hydroxylation is 2. The molecule has 176 valence electrons. The van der Waals surface area contributed by atoms with Gasteiger partial charge < -0.3 is 4.57 Å². The second kappa shape index (κ2) is 8.95. The van der Waals surface area contributed by atoms with E-state index in [4.69, 9.17) is 0 Å². The normalized spacial score (nSPS) is 11.6. The SMILES string of the molecule is Cc1cc2nc3c(=O)n(Cc4ccc(-c5ccccc5)cc4)c(=O)nc-3n(CC(C)C)c2cc1C. The van der Waals surface area contributed by atoms with Gasteiger partial charge in [-0.1, -0.05) is 68.4 Å². The van der Waals surface area contributed by atoms with Gasteiger partial charge in [-0.05, 0) is 59.7 Å².